The van der Waals surface area contributed by atoms with Crippen molar-refractivity contribution in [3.8, 4) is 11.5 Å². The number of ether oxygens (including phenoxy) is 2. The van der Waals surface area contributed by atoms with E-state index in [9.17, 15) is 0 Å². The van der Waals surface area contributed by atoms with Gasteiger partial charge in [-0.3, -0.25) is 4.99 Å². The molecule has 0 N–H and O–H groups in total. The largest absolute Gasteiger partial charge is 0.496 e. The van der Waals surface area contributed by atoms with E-state index in [1.165, 1.54) is 0 Å². The lowest BCUT2D eigenvalue weighted by atomic mass is 10.2. The molecule has 0 amide bonds. The average Bonchev–Trinajstić information content (AvgIpc) is 2.46. The molecule has 6 heteroatoms. The summed E-state index contributed by atoms with van der Waals surface area (Å²) < 4.78 is 11.4. The van der Waals surface area contributed by atoms with Crippen molar-refractivity contribution < 1.29 is 9.47 Å². The minimum Gasteiger partial charge on any atom is -0.496 e. The Kier molecular flexibility index (Phi) is 5.51. The van der Waals surface area contributed by atoms with Crippen molar-refractivity contribution in [3.05, 3.63) is 50.4 Å². The topological polar surface area (TPSA) is 30.8 Å². The summed E-state index contributed by atoms with van der Waals surface area (Å²) in [6.45, 7) is 0. The number of halogens is 3. The van der Waals surface area contributed by atoms with E-state index in [-0.39, 0.29) is 0 Å². The molecule has 2 rings (SSSR count). The van der Waals surface area contributed by atoms with E-state index < -0.39 is 0 Å². The van der Waals surface area contributed by atoms with Gasteiger partial charge in [-0.1, -0.05) is 23.2 Å². The molecule has 3 nitrogen and oxygen atoms in total. The zero-order valence-electron chi connectivity index (χ0n) is 11.4. The fourth-order valence-corrected chi connectivity index (χ4v) is 2.69. The molecular weight excluding hydrogens is 377 g/mol. The summed E-state index contributed by atoms with van der Waals surface area (Å²) in [6, 6.07) is 8.80. The van der Waals surface area contributed by atoms with Crippen molar-refractivity contribution in [3.63, 3.8) is 0 Å². The molecule has 0 fully saturated rings. The first-order valence-corrected chi connectivity index (χ1v) is 7.50. The second kappa shape index (κ2) is 7.16. The quantitative estimate of drug-likeness (QED) is 0.645. The zero-order chi connectivity index (χ0) is 15.4. The van der Waals surface area contributed by atoms with Gasteiger partial charge in [0.15, 0.2) is 0 Å². The van der Waals surface area contributed by atoms with E-state index in [0.29, 0.717) is 27.2 Å². The first-order chi connectivity index (χ1) is 10.0. The van der Waals surface area contributed by atoms with Gasteiger partial charge in [-0.25, -0.2) is 0 Å². The van der Waals surface area contributed by atoms with Crippen LogP contribution in [0.4, 0.5) is 5.69 Å². The first kappa shape index (κ1) is 16.1. The second-order valence-corrected chi connectivity index (χ2v) is 5.78. The lowest BCUT2D eigenvalue weighted by molar-refractivity contribution is 0.392. The van der Waals surface area contributed by atoms with Crippen molar-refractivity contribution in [2.45, 2.75) is 0 Å². The van der Waals surface area contributed by atoms with Crippen molar-refractivity contribution in [2.24, 2.45) is 4.99 Å². The second-order valence-electron chi connectivity index (χ2n) is 4.08. The molecular formula is C15H12BrCl2NO2. The molecule has 0 aliphatic heterocycles. The molecule has 110 valence electrons. The van der Waals surface area contributed by atoms with Crippen molar-refractivity contribution in [1.29, 1.82) is 0 Å². The SMILES string of the molecule is COc1cc(OC)c(C=Nc2ccc(Cl)cc2Cl)cc1Br. The summed E-state index contributed by atoms with van der Waals surface area (Å²) in [7, 11) is 3.19. The van der Waals surface area contributed by atoms with Gasteiger partial charge in [0.05, 0.1) is 29.4 Å². The lowest BCUT2D eigenvalue weighted by Gasteiger charge is -2.09. The summed E-state index contributed by atoms with van der Waals surface area (Å²) in [5.41, 5.74) is 1.44. The molecule has 2 aromatic rings. The molecule has 0 aliphatic rings. The maximum atomic E-state index is 6.09. The molecule has 0 heterocycles. The first-order valence-electron chi connectivity index (χ1n) is 5.95. The Hall–Kier alpha value is -1.23. The van der Waals surface area contributed by atoms with E-state index in [1.54, 1.807) is 44.7 Å². The van der Waals surface area contributed by atoms with Crippen LogP contribution in [0.2, 0.25) is 10.0 Å². The van der Waals surface area contributed by atoms with Gasteiger partial charge in [-0.2, -0.15) is 0 Å². The highest BCUT2D eigenvalue weighted by atomic mass is 79.9. The van der Waals surface area contributed by atoms with Gasteiger partial charge < -0.3 is 9.47 Å². The summed E-state index contributed by atoms with van der Waals surface area (Å²) in [4.78, 5) is 4.37. The maximum Gasteiger partial charge on any atom is 0.136 e. The minimum absolute atomic E-state index is 0.491. The number of methoxy groups -OCH3 is 2. The number of nitrogens with zero attached hydrogens (tertiary/aromatic N) is 1. The molecule has 0 radical (unpaired) electrons. The molecule has 0 saturated heterocycles. The van der Waals surface area contributed by atoms with Crippen LogP contribution in [0, 0.1) is 0 Å². The summed E-state index contributed by atoms with van der Waals surface area (Å²) in [6.07, 6.45) is 1.68. The van der Waals surface area contributed by atoms with Crippen LogP contribution < -0.4 is 9.47 Å². The Morgan fingerprint density at radius 1 is 1.05 bits per heavy atom. The highest BCUT2D eigenvalue weighted by molar-refractivity contribution is 9.10. The van der Waals surface area contributed by atoms with Gasteiger partial charge >= 0.3 is 0 Å². The van der Waals surface area contributed by atoms with Crippen LogP contribution in [-0.4, -0.2) is 20.4 Å². The molecule has 0 aliphatic carbocycles. The van der Waals surface area contributed by atoms with Gasteiger partial charge in [0.1, 0.15) is 11.5 Å². The van der Waals surface area contributed by atoms with Crippen LogP contribution in [0.3, 0.4) is 0 Å². The van der Waals surface area contributed by atoms with E-state index in [1.807, 2.05) is 6.07 Å². The van der Waals surface area contributed by atoms with Crippen LogP contribution in [0.5, 0.6) is 11.5 Å². The lowest BCUT2D eigenvalue weighted by Crippen LogP contribution is -1.94. The van der Waals surface area contributed by atoms with Crippen LogP contribution in [0.1, 0.15) is 5.56 Å². The molecule has 0 bridgehead atoms. The Morgan fingerprint density at radius 2 is 1.76 bits per heavy atom. The van der Waals surface area contributed by atoms with Crippen molar-refractivity contribution in [2.75, 3.05) is 14.2 Å². The molecule has 2 aromatic carbocycles. The monoisotopic (exact) mass is 387 g/mol. The highest BCUT2D eigenvalue weighted by Gasteiger charge is 2.08. The number of hydrogen-bond acceptors (Lipinski definition) is 3. The van der Waals surface area contributed by atoms with Crippen LogP contribution in [0.25, 0.3) is 0 Å². The van der Waals surface area contributed by atoms with Gasteiger partial charge in [0.25, 0.3) is 0 Å². The Bertz CT molecular complexity index is 690. The van der Waals surface area contributed by atoms with E-state index in [0.717, 1.165) is 10.0 Å². The van der Waals surface area contributed by atoms with Crippen molar-refractivity contribution in [1.82, 2.24) is 0 Å². The third-order valence-corrected chi connectivity index (χ3v) is 3.91. The van der Waals surface area contributed by atoms with E-state index in [4.69, 9.17) is 32.7 Å². The van der Waals surface area contributed by atoms with Crippen LogP contribution in [0.15, 0.2) is 39.8 Å². The molecule has 0 saturated carbocycles. The Balaban J connectivity index is 2.38. The fourth-order valence-electron chi connectivity index (χ4n) is 1.71. The summed E-state index contributed by atoms with van der Waals surface area (Å²) >= 11 is 15.4. The molecule has 0 spiro atoms. The minimum atomic E-state index is 0.491. The molecule has 0 atom stereocenters. The Labute approximate surface area is 141 Å². The van der Waals surface area contributed by atoms with Gasteiger partial charge in [0.2, 0.25) is 0 Å². The number of benzene rings is 2. The summed E-state index contributed by atoms with van der Waals surface area (Å²) in [5.74, 6) is 1.34. The standard InChI is InChI=1S/C15H12BrCl2NO2/c1-20-14-7-15(21-2)11(16)5-9(14)8-19-13-4-3-10(17)6-12(13)18/h3-8H,1-2H3. The smallest absolute Gasteiger partial charge is 0.136 e. The molecule has 0 unspecified atom stereocenters. The van der Waals surface area contributed by atoms with Gasteiger partial charge in [-0.05, 0) is 40.2 Å². The predicted molar refractivity (Wildman–Crippen MR) is 91.0 cm³/mol. The Morgan fingerprint density at radius 3 is 2.38 bits per heavy atom. The van der Waals surface area contributed by atoms with Crippen molar-refractivity contribution >= 4 is 51.0 Å². The predicted octanol–water partition coefficient (Wildman–Crippen LogP) is 5.52. The van der Waals surface area contributed by atoms with Crippen LogP contribution >= 0.6 is 39.1 Å². The van der Waals surface area contributed by atoms with Gasteiger partial charge in [-0.15, -0.1) is 0 Å². The molecule has 0 aromatic heterocycles. The third-order valence-electron chi connectivity index (χ3n) is 2.76. The number of aliphatic imine (C=N–C) groups is 1. The number of rotatable bonds is 4. The van der Waals surface area contributed by atoms with E-state index in [2.05, 4.69) is 20.9 Å². The normalized spacial score (nSPS) is 10.9. The highest BCUT2D eigenvalue weighted by Crippen LogP contribution is 2.33. The zero-order valence-corrected chi connectivity index (χ0v) is 14.5. The summed E-state index contributed by atoms with van der Waals surface area (Å²) in [5, 5.41) is 1.06. The third kappa shape index (κ3) is 3.90. The number of hydrogen-bond donors (Lipinski definition) is 0. The van der Waals surface area contributed by atoms with E-state index >= 15 is 0 Å². The molecule has 21 heavy (non-hydrogen) atoms. The van der Waals surface area contributed by atoms with Gasteiger partial charge in [0, 0.05) is 22.9 Å². The maximum absolute atomic E-state index is 6.09. The average molecular weight is 389 g/mol. The fraction of sp³-hybridized carbons (Fsp3) is 0.133. The van der Waals surface area contributed by atoms with Crippen LogP contribution in [-0.2, 0) is 0 Å².